The van der Waals surface area contributed by atoms with Crippen molar-refractivity contribution in [2.75, 3.05) is 13.6 Å². The van der Waals surface area contributed by atoms with Gasteiger partial charge in [0.1, 0.15) is 11.2 Å². The topological polar surface area (TPSA) is 30.5 Å². The van der Waals surface area contributed by atoms with Crippen molar-refractivity contribution in [1.29, 1.82) is 0 Å². The Kier molecular flexibility index (Phi) is 3.41. The van der Waals surface area contributed by atoms with Gasteiger partial charge in [-0.15, -0.1) is 0 Å². The SMILES string of the molecule is CNCCC1(Oc2cccc3c2OC(C)(C)C3)CCC1. The van der Waals surface area contributed by atoms with Crippen LogP contribution in [0.1, 0.15) is 45.1 Å². The monoisotopic (exact) mass is 275 g/mol. The fourth-order valence-electron chi connectivity index (χ4n) is 3.23. The number of hydrogen-bond acceptors (Lipinski definition) is 3. The molecule has 1 aromatic carbocycles. The Morgan fingerprint density at radius 3 is 2.75 bits per heavy atom. The van der Waals surface area contributed by atoms with Crippen LogP contribution in [-0.2, 0) is 6.42 Å². The van der Waals surface area contributed by atoms with Gasteiger partial charge in [0.2, 0.25) is 0 Å². The maximum atomic E-state index is 6.41. The van der Waals surface area contributed by atoms with Crippen LogP contribution in [0, 0.1) is 0 Å². The third kappa shape index (κ3) is 2.51. The fourth-order valence-corrected chi connectivity index (χ4v) is 3.23. The maximum absolute atomic E-state index is 6.41. The van der Waals surface area contributed by atoms with Crippen LogP contribution >= 0.6 is 0 Å². The van der Waals surface area contributed by atoms with E-state index < -0.39 is 0 Å². The van der Waals surface area contributed by atoms with Crippen molar-refractivity contribution in [1.82, 2.24) is 5.32 Å². The van der Waals surface area contributed by atoms with Crippen LogP contribution < -0.4 is 14.8 Å². The fraction of sp³-hybridized carbons (Fsp3) is 0.647. The van der Waals surface area contributed by atoms with Crippen molar-refractivity contribution in [2.24, 2.45) is 0 Å². The van der Waals surface area contributed by atoms with E-state index in [0.717, 1.165) is 43.7 Å². The Balaban J connectivity index is 1.80. The number of rotatable bonds is 5. The molecule has 2 aliphatic rings. The lowest BCUT2D eigenvalue weighted by Crippen LogP contribution is -2.45. The highest BCUT2D eigenvalue weighted by Gasteiger charge is 2.41. The lowest BCUT2D eigenvalue weighted by Gasteiger charge is -2.42. The van der Waals surface area contributed by atoms with Crippen molar-refractivity contribution < 1.29 is 9.47 Å². The molecule has 1 fully saturated rings. The molecule has 0 amide bonds. The van der Waals surface area contributed by atoms with Gasteiger partial charge in [-0.05, 0) is 59.2 Å². The zero-order valence-electron chi connectivity index (χ0n) is 12.8. The average molecular weight is 275 g/mol. The summed E-state index contributed by atoms with van der Waals surface area (Å²) in [6.45, 7) is 5.27. The van der Waals surface area contributed by atoms with Crippen LogP contribution in [-0.4, -0.2) is 24.8 Å². The maximum Gasteiger partial charge on any atom is 0.165 e. The summed E-state index contributed by atoms with van der Waals surface area (Å²) in [6, 6.07) is 6.29. The average Bonchev–Trinajstić information content (AvgIpc) is 2.67. The summed E-state index contributed by atoms with van der Waals surface area (Å²) in [4.78, 5) is 0. The van der Waals surface area contributed by atoms with E-state index in [9.17, 15) is 0 Å². The lowest BCUT2D eigenvalue weighted by atomic mass is 9.77. The van der Waals surface area contributed by atoms with Gasteiger partial charge in [-0.25, -0.2) is 0 Å². The summed E-state index contributed by atoms with van der Waals surface area (Å²) in [6.07, 6.45) is 5.61. The van der Waals surface area contributed by atoms with E-state index in [1.54, 1.807) is 0 Å². The molecule has 0 spiro atoms. The number of hydrogen-bond donors (Lipinski definition) is 1. The second-order valence-corrected chi connectivity index (χ2v) is 6.78. The van der Waals surface area contributed by atoms with Crippen molar-refractivity contribution >= 4 is 0 Å². The summed E-state index contributed by atoms with van der Waals surface area (Å²) >= 11 is 0. The Morgan fingerprint density at radius 1 is 1.30 bits per heavy atom. The van der Waals surface area contributed by atoms with Gasteiger partial charge >= 0.3 is 0 Å². The molecule has 110 valence electrons. The molecule has 0 atom stereocenters. The normalized spacial score (nSPS) is 21.8. The van der Waals surface area contributed by atoms with E-state index in [0.29, 0.717) is 0 Å². The molecular weight excluding hydrogens is 250 g/mol. The number of nitrogens with one attached hydrogen (secondary N) is 1. The van der Waals surface area contributed by atoms with Crippen molar-refractivity contribution in [2.45, 2.75) is 57.2 Å². The van der Waals surface area contributed by atoms with Gasteiger partial charge in [-0.2, -0.15) is 0 Å². The molecule has 0 saturated heterocycles. The molecule has 3 heteroatoms. The second-order valence-electron chi connectivity index (χ2n) is 6.78. The van der Waals surface area contributed by atoms with E-state index in [2.05, 4.69) is 37.4 Å². The number of para-hydroxylation sites is 1. The second kappa shape index (κ2) is 4.96. The standard InChI is InChI=1S/C17H25NO2/c1-16(2)12-13-6-4-7-14(15(13)20-16)19-17(8-5-9-17)10-11-18-3/h4,6-7,18H,5,8-12H2,1-3H3. The third-order valence-corrected chi connectivity index (χ3v) is 4.48. The first-order valence-electron chi connectivity index (χ1n) is 7.68. The first kappa shape index (κ1) is 13.7. The summed E-state index contributed by atoms with van der Waals surface area (Å²) in [7, 11) is 2.00. The molecule has 1 aliphatic heterocycles. The molecule has 0 aromatic heterocycles. The van der Waals surface area contributed by atoms with Crippen LogP contribution in [0.2, 0.25) is 0 Å². The first-order valence-corrected chi connectivity index (χ1v) is 7.68. The molecule has 0 radical (unpaired) electrons. The van der Waals surface area contributed by atoms with Gasteiger partial charge in [0.05, 0.1) is 0 Å². The van der Waals surface area contributed by atoms with Crippen LogP contribution in [0.5, 0.6) is 11.5 Å². The molecule has 3 nitrogen and oxygen atoms in total. The largest absolute Gasteiger partial charge is 0.483 e. The minimum atomic E-state index is -0.112. The molecule has 1 aromatic rings. The Bertz CT molecular complexity index is 492. The van der Waals surface area contributed by atoms with E-state index in [1.807, 2.05) is 7.05 Å². The number of ether oxygens (including phenoxy) is 2. The zero-order chi connectivity index (χ0) is 14.2. The molecule has 1 saturated carbocycles. The predicted molar refractivity (Wildman–Crippen MR) is 80.6 cm³/mol. The van der Waals surface area contributed by atoms with Gasteiger partial charge in [-0.1, -0.05) is 12.1 Å². The predicted octanol–water partition coefficient (Wildman–Crippen LogP) is 3.31. The molecule has 0 bridgehead atoms. The molecule has 1 heterocycles. The summed E-state index contributed by atoms with van der Waals surface area (Å²) in [5.41, 5.74) is 1.18. The Hall–Kier alpha value is -1.22. The Morgan fingerprint density at radius 2 is 2.10 bits per heavy atom. The van der Waals surface area contributed by atoms with Gasteiger partial charge in [0, 0.05) is 12.0 Å². The highest BCUT2D eigenvalue weighted by molar-refractivity contribution is 5.50. The van der Waals surface area contributed by atoms with Gasteiger partial charge < -0.3 is 14.8 Å². The molecule has 1 aliphatic carbocycles. The van der Waals surface area contributed by atoms with Crippen LogP contribution in [0.25, 0.3) is 0 Å². The van der Waals surface area contributed by atoms with Gasteiger partial charge in [-0.3, -0.25) is 0 Å². The smallest absolute Gasteiger partial charge is 0.165 e. The number of benzene rings is 1. The molecule has 20 heavy (non-hydrogen) atoms. The molecular formula is C17H25NO2. The van der Waals surface area contributed by atoms with Gasteiger partial charge in [0.15, 0.2) is 11.5 Å². The minimum absolute atomic E-state index is 0.0220. The molecule has 3 rings (SSSR count). The summed E-state index contributed by atoms with van der Waals surface area (Å²) in [5.74, 6) is 1.90. The Labute approximate surface area is 121 Å². The zero-order valence-corrected chi connectivity index (χ0v) is 12.8. The highest BCUT2D eigenvalue weighted by Crippen LogP contribution is 2.46. The van der Waals surface area contributed by atoms with Crippen molar-refractivity contribution in [3.63, 3.8) is 0 Å². The first-order chi connectivity index (χ1) is 9.54. The number of fused-ring (bicyclic) bond motifs is 1. The molecule has 1 N–H and O–H groups in total. The van der Waals surface area contributed by atoms with Crippen LogP contribution in [0.15, 0.2) is 18.2 Å². The van der Waals surface area contributed by atoms with E-state index >= 15 is 0 Å². The van der Waals surface area contributed by atoms with E-state index in [4.69, 9.17) is 9.47 Å². The van der Waals surface area contributed by atoms with E-state index in [1.165, 1.54) is 12.0 Å². The van der Waals surface area contributed by atoms with E-state index in [-0.39, 0.29) is 11.2 Å². The summed E-state index contributed by atoms with van der Waals surface area (Å²) < 4.78 is 12.5. The van der Waals surface area contributed by atoms with Crippen molar-refractivity contribution in [3.8, 4) is 11.5 Å². The van der Waals surface area contributed by atoms with Gasteiger partial charge in [0.25, 0.3) is 0 Å². The third-order valence-electron chi connectivity index (χ3n) is 4.48. The highest BCUT2D eigenvalue weighted by atomic mass is 16.5. The lowest BCUT2D eigenvalue weighted by molar-refractivity contribution is -0.0175. The molecule has 0 unspecified atom stereocenters. The minimum Gasteiger partial charge on any atom is -0.483 e. The quantitative estimate of drug-likeness (QED) is 0.894. The van der Waals surface area contributed by atoms with Crippen LogP contribution in [0.3, 0.4) is 0 Å². The van der Waals surface area contributed by atoms with Crippen LogP contribution in [0.4, 0.5) is 0 Å². The summed E-state index contributed by atoms with van der Waals surface area (Å²) in [5, 5.41) is 3.23. The van der Waals surface area contributed by atoms with Crippen molar-refractivity contribution in [3.05, 3.63) is 23.8 Å².